The van der Waals surface area contributed by atoms with Gasteiger partial charge in [-0.05, 0) is 116 Å². The number of imide groups is 2. The number of carbonyl (C=O) groups excluding carboxylic acids is 4. The SMILES string of the molecule is CCCC[Si](C)(C)O[Si](C)(C)CCCN1C(=O)c2ccc(Oc3ccc(C(C)(C)c4ccc(Oc5ccc6c(c5)C(=O)N(C)C6=O)cc4)cc3)cc2C1=O. The van der Waals surface area contributed by atoms with E-state index >= 15 is 0 Å². The molecule has 0 aliphatic carbocycles. The van der Waals surface area contributed by atoms with Crippen molar-refractivity contribution in [1.29, 1.82) is 0 Å². The molecule has 0 N–H and O–H groups in total. The van der Waals surface area contributed by atoms with Crippen LogP contribution in [0.2, 0.25) is 38.3 Å². The molecule has 54 heavy (non-hydrogen) atoms. The van der Waals surface area contributed by atoms with Crippen LogP contribution in [0.4, 0.5) is 0 Å². The van der Waals surface area contributed by atoms with Gasteiger partial charge < -0.3 is 13.6 Å². The lowest BCUT2D eigenvalue weighted by Gasteiger charge is -2.34. The number of rotatable bonds is 15. The summed E-state index contributed by atoms with van der Waals surface area (Å²) in [6, 6.07) is 27.7. The van der Waals surface area contributed by atoms with Crippen LogP contribution < -0.4 is 9.47 Å². The number of hydrogen-bond acceptors (Lipinski definition) is 7. The van der Waals surface area contributed by atoms with Gasteiger partial charge in [-0.3, -0.25) is 29.0 Å². The molecule has 2 heterocycles. The highest BCUT2D eigenvalue weighted by Gasteiger charge is 2.37. The summed E-state index contributed by atoms with van der Waals surface area (Å²) in [6.45, 7) is 15.9. The summed E-state index contributed by atoms with van der Waals surface area (Å²) in [5.41, 5.74) is 3.30. The van der Waals surface area contributed by atoms with Crippen LogP contribution >= 0.6 is 0 Å². The second-order valence-corrected chi connectivity index (χ2v) is 24.9. The Morgan fingerprint density at radius 3 is 1.46 bits per heavy atom. The van der Waals surface area contributed by atoms with Crippen molar-refractivity contribution in [3.8, 4) is 23.0 Å². The van der Waals surface area contributed by atoms with Crippen molar-refractivity contribution in [3.63, 3.8) is 0 Å². The molecule has 4 aromatic rings. The summed E-state index contributed by atoms with van der Waals surface area (Å²) in [5.74, 6) is 1.02. The fourth-order valence-corrected chi connectivity index (χ4v) is 16.4. The number of fused-ring (bicyclic) bond motifs is 2. The maximum atomic E-state index is 13.4. The molecule has 0 spiro atoms. The van der Waals surface area contributed by atoms with E-state index in [1.807, 2.05) is 48.5 Å². The van der Waals surface area contributed by atoms with Gasteiger partial charge in [-0.1, -0.05) is 57.9 Å². The molecule has 0 bridgehead atoms. The lowest BCUT2D eigenvalue weighted by Crippen LogP contribution is -2.44. The predicted molar refractivity (Wildman–Crippen MR) is 215 cm³/mol. The van der Waals surface area contributed by atoms with Crippen molar-refractivity contribution < 1.29 is 32.8 Å². The van der Waals surface area contributed by atoms with Gasteiger partial charge in [0.25, 0.3) is 23.6 Å². The van der Waals surface area contributed by atoms with Gasteiger partial charge in [0.2, 0.25) is 0 Å². The van der Waals surface area contributed by atoms with Gasteiger partial charge in [-0.25, -0.2) is 0 Å². The van der Waals surface area contributed by atoms with Crippen molar-refractivity contribution in [2.24, 2.45) is 0 Å². The van der Waals surface area contributed by atoms with E-state index in [1.165, 1.54) is 24.8 Å². The van der Waals surface area contributed by atoms with Crippen LogP contribution in [0, 0.1) is 0 Å². The molecule has 0 radical (unpaired) electrons. The zero-order valence-corrected chi connectivity index (χ0v) is 34.6. The van der Waals surface area contributed by atoms with E-state index in [9.17, 15) is 19.2 Å². The van der Waals surface area contributed by atoms with E-state index < -0.39 is 16.6 Å². The van der Waals surface area contributed by atoms with Gasteiger partial charge in [0.15, 0.2) is 16.6 Å². The maximum absolute atomic E-state index is 13.4. The van der Waals surface area contributed by atoms with Crippen molar-refractivity contribution in [3.05, 3.63) is 118 Å². The first-order chi connectivity index (χ1) is 25.5. The molecule has 9 nitrogen and oxygen atoms in total. The van der Waals surface area contributed by atoms with Gasteiger partial charge >= 0.3 is 0 Å². The molecule has 0 saturated heterocycles. The maximum Gasteiger partial charge on any atom is 0.261 e. The molecule has 0 atom stereocenters. The van der Waals surface area contributed by atoms with E-state index in [0.717, 1.165) is 34.5 Å². The van der Waals surface area contributed by atoms with Crippen LogP contribution in [0.5, 0.6) is 23.0 Å². The highest BCUT2D eigenvalue weighted by atomic mass is 28.4. The van der Waals surface area contributed by atoms with Crippen molar-refractivity contribution in [1.82, 2.24) is 9.80 Å². The van der Waals surface area contributed by atoms with Crippen molar-refractivity contribution in [2.75, 3.05) is 13.6 Å². The number of unbranched alkanes of at least 4 members (excludes halogenated alkanes) is 1. The largest absolute Gasteiger partial charge is 0.457 e. The summed E-state index contributed by atoms with van der Waals surface area (Å²) in [4.78, 5) is 53.7. The molecular weight excluding hydrogens is 713 g/mol. The molecular formula is C43H50N2O7Si2. The van der Waals surface area contributed by atoms with E-state index in [1.54, 1.807) is 36.4 Å². The molecule has 0 unspecified atom stereocenters. The Bertz CT molecular complexity index is 2090. The number of ether oxygens (including phenoxy) is 2. The molecule has 11 heteroatoms. The summed E-state index contributed by atoms with van der Waals surface area (Å²) < 4.78 is 18.9. The van der Waals surface area contributed by atoms with E-state index in [-0.39, 0.29) is 29.0 Å². The fourth-order valence-electron chi connectivity index (χ4n) is 7.37. The van der Waals surface area contributed by atoms with E-state index in [0.29, 0.717) is 51.8 Å². The Labute approximate surface area is 320 Å². The van der Waals surface area contributed by atoms with Gasteiger partial charge in [-0.2, -0.15) is 0 Å². The summed E-state index contributed by atoms with van der Waals surface area (Å²) in [5, 5.41) is 0. The molecule has 2 aliphatic heterocycles. The topological polar surface area (TPSA) is 102 Å². The Morgan fingerprint density at radius 2 is 0.963 bits per heavy atom. The summed E-state index contributed by atoms with van der Waals surface area (Å²) in [7, 11) is -2.18. The van der Waals surface area contributed by atoms with Crippen LogP contribution in [0.15, 0.2) is 84.9 Å². The van der Waals surface area contributed by atoms with Gasteiger partial charge in [-0.15, -0.1) is 0 Å². The third-order valence-corrected chi connectivity index (χ3v) is 18.0. The average Bonchev–Trinajstić information content (AvgIpc) is 3.49. The smallest absolute Gasteiger partial charge is 0.261 e. The normalized spacial score (nSPS) is 14.5. The third kappa shape index (κ3) is 8.13. The second kappa shape index (κ2) is 15.1. The third-order valence-electron chi connectivity index (χ3n) is 10.5. The second-order valence-electron chi connectivity index (χ2n) is 16.1. The monoisotopic (exact) mass is 762 g/mol. The van der Waals surface area contributed by atoms with Gasteiger partial charge in [0, 0.05) is 19.0 Å². The molecule has 4 amide bonds. The molecule has 6 rings (SSSR count). The zero-order chi connectivity index (χ0) is 39.0. The quantitative estimate of drug-likeness (QED) is 0.0878. The van der Waals surface area contributed by atoms with Gasteiger partial charge in [0.05, 0.1) is 22.3 Å². The minimum Gasteiger partial charge on any atom is -0.457 e. The minimum atomic E-state index is -1.93. The van der Waals surface area contributed by atoms with Gasteiger partial charge in [0.1, 0.15) is 23.0 Å². The number of benzene rings is 4. The Hall–Kier alpha value is -4.85. The molecule has 2 aliphatic rings. The number of hydrogen-bond donors (Lipinski definition) is 0. The van der Waals surface area contributed by atoms with Crippen LogP contribution in [0.25, 0.3) is 0 Å². The van der Waals surface area contributed by atoms with Crippen molar-refractivity contribution >= 4 is 40.3 Å². The first-order valence-corrected chi connectivity index (χ1v) is 25.0. The molecule has 0 fully saturated rings. The van der Waals surface area contributed by atoms with Crippen LogP contribution in [-0.2, 0) is 9.53 Å². The van der Waals surface area contributed by atoms with Crippen LogP contribution in [0.1, 0.15) is 92.6 Å². The van der Waals surface area contributed by atoms with E-state index in [4.69, 9.17) is 13.6 Å². The standard InChI is InChI=1S/C43H50N2O7Si2/c1-9-10-25-53(5,6)52-54(7,8)26-11-24-45-41(48)36-23-21-34(28-38(36)42(45)49)51-32-18-14-30(15-19-32)43(2,3)29-12-16-31(17-13-29)50-33-20-22-35-37(27-33)40(47)44(4)39(35)46/h12-23,27-28H,9-11,24-26H2,1-8H3. The highest BCUT2D eigenvalue weighted by Crippen LogP contribution is 2.36. The zero-order valence-electron chi connectivity index (χ0n) is 32.6. The molecule has 0 aromatic heterocycles. The first-order valence-electron chi connectivity index (χ1n) is 18.7. The fraction of sp³-hybridized carbons (Fsp3) is 0.349. The Balaban J connectivity index is 1.05. The molecule has 4 aromatic carbocycles. The lowest BCUT2D eigenvalue weighted by molar-refractivity contribution is 0.0648. The van der Waals surface area contributed by atoms with Crippen molar-refractivity contribution in [2.45, 2.75) is 83.7 Å². The Kier molecular flexibility index (Phi) is 10.9. The molecule has 0 saturated carbocycles. The summed E-state index contributed by atoms with van der Waals surface area (Å²) >= 11 is 0. The first kappa shape index (κ1) is 38.9. The predicted octanol–water partition coefficient (Wildman–Crippen LogP) is 10.0. The number of nitrogens with zero attached hydrogens (tertiary/aromatic N) is 2. The number of carbonyl (C=O) groups is 4. The minimum absolute atomic E-state index is 0.254. The Morgan fingerprint density at radius 1 is 0.556 bits per heavy atom. The highest BCUT2D eigenvalue weighted by molar-refractivity contribution is 6.84. The average molecular weight is 763 g/mol. The molecule has 282 valence electrons. The van der Waals surface area contributed by atoms with E-state index in [2.05, 4.69) is 47.0 Å². The number of amides is 4. The lowest BCUT2D eigenvalue weighted by atomic mass is 9.78. The van der Waals surface area contributed by atoms with Crippen LogP contribution in [0.3, 0.4) is 0 Å². The summed E-state index contributed by atoms with van der Waals surface area (Å²) in [6.07, 6.45) is 3.09. The van der Waals surface area contributed by atoms with Crippen LogP contribution in [-0.4, -0.2) is 63.7 Å².